The molecule has 1 aliphatic heterocycles. The molecule has 1 fully saturated rings. The van der Waals surface area contributed by atoms with E-state index in [9.17, 15) is 14.9 Å². The van der Waals surface area contributed by atoms with E-state index in [2.05, 4.69) is 10.2 Å². The molecule has 0 spiro atoms. The van der Waals surface area contributed by atoms with Gasteiger partial charge >= 0.3 is 0 Å². The van der Waals surface area contributed by atoms with Crippen molar-refractivity contribution in [2.24, 2.45) is 10.2 Å². The van der Waals surface area contributed by atoms with Crippen molar-refractivity contribution in [3.63, 3.8) is 0 Å². The van der Waals surface area contributed by atoms with Gasteiger partial charge in [0.05, 0.1) is 23.4 Å². The Kier molecular flexibility index (Phi) is 5.43. The van der Waals surface area contributed by atoms with Crippen LogP contribution < -0.4 is 0 Å². The van der Waals surface area contributed by atoms with Crippen LogP contribution in [0.2, 0.25) is 0 Å². The molecule has 1 heterocycles. The van der Waals surface area contributed by atoms with Gasteiger partial charge in [0.15, 0.2) is 5.17 Å². The number of hydrogen-bond acceptors (Lipinski definition) is 6. The highest BCUT2D eigenvalue weighted by Crippen LogP contribution is 2.23. The standard InChI is InChI=1S/C18H16N4O3S/c1-13-5-2-3-7-15(13)11-21-17(23)12-26-18(21)20-19-10-14-6-4-8-16(9-14)22(24)25/h2-10H,11-12H2,1H3. The lowest BCUT2D eigenvalue weighted by Crippen LogP contribution is -2.29. The highest BCUT2D eigenvalue weighted by atomic mass is 32.2. The van der Waals surface area contributed by atoms with E-state index in [4.69, 9.17) is 0 Å². The van der Waals surface area contributed by atoms with Crippen LogP contribution in [0.25, 0.3) is 0 Å². The van der Waals surface area contributed by atoms with Gasteiger partial charge in [-0.25, -0.2) is 0 Å². The molecule has 0 bridgehead atoms. The highest BCUT2D eigenvalue weighted by molar-refractivity contribution is 8.15. The van der Waals surface area contributed by atoms with Gasteiger partial charge in [-0.05, 0) is 18.1 Å². The van der Waals surface area contributed by atoms with Crippen LogP contribution in [-0.2, 0) is 11.3 Å². The van der Waals surface area contributed by atoms with Gasteiger partial charge in [-0.2, -0.15) is 5.10 Å². The highest BCUT2D eigenvalue weighted by Gasteiger charge is 2.28. The summed E-state index contributed by atoms with van der Waals surface area (Å²) in [7, 11) is 0. The molecule has 8 heteroatoms. The fourth-order valence-electron chi connectivity index (χ4n) is 2.45. The van der Waals surface area contributed by atoms with Crippen molar-refractivity contribution in [2.45, 2.75) is 13.5 Å². The predicted molar refractivity (Wildman–Crippen MR) is 102 cm³/mol. The van der Waals surface area contributed by atoms with Gasteiger partial charge in [0.25, 0.3) is 5.69 Å². The third kappa shape index (κ3) is 4.15. The first-order valence-electron chi connectivity index (χ1n) is 7.88. The summed E-state index contributed by atoms with van der Waals surface area (Å²) in [6, 6.07) is 14.0. The lowest BCUT2D eigenvalue weighted by molar-refractivity contribution is -0.384. The van der Waals surface area contributed by atoms with Crippen molar-refractivity contribution in [3.8, 4) is 0 Å². The van der Waals surface area contributed by atoms with Crippen molar-refractivity contribution >= 4 is 34.7 Å². The molecule has 0 aliphatic carbocycles. The van der Waals surface area contributed by atoms with Crippen molar-refractivity contribution < 1.29 is 9.72 Å². The first kappa shape index (κ1) is 17.8. The summed E-state index contributed by atoms with van der Waals surface area (Å²) in [6.07, 6.45) is 1.44. The fourth-order valence-corrected chi connectivity index (χ4v) is 3.28. The quantitative estimate of drug-likeness (QED) is 0.460. The van der Waals surface area contributed by atoms with Crippen LogP contribution >= 0.6 is 11.8 Å². The Morgan fingerprint density at radius 2 is 2.08 bits per heavy atom. The van der Waals surface area contributed by atoms with E-state index < -0.39 is 4.92 Å². The summed E-state index contributed by atoms with van der Waals surface area (Å²) in [5, 5.41) is 19.5. The molecule has 1 saturated heterocycles. The van der Waals surface area contributed by atoms with E-state index in [1.54, 1.807) is 17.0 Å². The Bertz CT molecular complexity index is 911. The second kappa shape index (κ2) is 7.92. The predicted octanol–water partition coefficient (Wildman–Crippen LogP) is 3.37. The summed E-state index contributed by atoms with van der Waals surface area (Å²) >= 11 is 1.33. The summed E-state index contributed by atoms with van der Waals surface area (Å²) in [4.78, 5) is 24.1. The second-order valence-electron chi connectivity index (χ2n) is 5.67. The van der Waals surface area contributed by atoms with Crippen LogP contribution in [-0.4, -0.2) is 32.9 Å². The topological polar surface area (TPSA) is 88.2 Å². The Balaban J connectivity index is 1.76. The molecule has 26 heavy (non-hydrogen) atoms. The molecule has 0 unspecified atom stereocenters. The number of carbonyl (C=O) groups excluding carboxylic acids is 1. The molecule has 1 aliphatic rings. The number of hydrogen-bond donors (Lipinski definition) is 0. The minimum atomic E-state index is -0.460. The number of non-ortho nitro benzene ring substituents is 1. The number of nitrogens with zero attached hydrogens (tertiary/aromatic N) is 4. The molecule has 0 saturated carbocycles. The van der Waals surface area contributed by atoms with Crippen LogP contribution in [0.15, 0.2) is 58.7 Å². The number of carbonyl (C=O) groups is 1. The molecule has 0 N–H and O–H groups in total. The van der Waals surface area contributed by atoms with Crippen LogP contribution in [0, 0.1) is 17.0 Å². The summed E-state index contributed by atoms with van der Waals surface area (Å²) in [6.45, 7) is 2.45. The number of thioether (sulfide) groups is 1. The number of benzene rings is 2. The molecular formula is C18H16N4O3S. The zero-order valence-electron chi connectivity index (χ0n) is 14.0. The van der Waals surface area contributed by atoms with Crippen LogP contribution in [0.3, 0.4) is 0 Å². The molecule has 2 aromatic rings. The number of amidine groups is 1. The van der Waals surface area contributed by atoms with E-state index >= 15 is 0 Å². The van der Waals surface area contributed by atoms with Gasteiger partial charge in [-0.15, -0.1) is 5.10 Å². The number of rotatable bonds is 5. The first-order chi connectivity index (χ1) is 12.5. The van der Waals surface area contributed by atoms with Gasteiger partial charge in [0, 0.05) is 17.7 Å². The number of nitro groups is 1. The SMILES string of the molecule is Cc1ccccc1CN1C(=O)CSC1=NN=Cc1cccc([N+](=O)[O-])c1. The van der Waals surface area contributed by atoms with E-state index in [-0.39, 0.29) is 11.6 Å². The van der Waals surface area contributed by atoms with Crippen molar-refractivity contribution in [1.29, 1.82) is 0 Å². The van der Waals surface area contributed by atoms with E-state index in [0.717, 1.165) is 11.1 Å². The largest absolute Gasteiger partial charge is 0.285 e. The van der Waals surface area contributed by atoms with Gasteiger partial charge in [-0.3, -0.25) is 19.8 Å². The maximum atomic E-state index is 12.2. The van der Waals surface area contributed by atoms with E-state index in [1.165, 1.54) is 30.1 Å². The summed E-state index contributed by atoms with van der Waals surface area (Å²) in [5.74, 6) is 0.319. The molecule has 0 aromatic heterocycles. The Labute approximate surface area is 154 Å². The van der Waals surface area contributed by atoms with Crippen LogP contribution in [0.1, 0.15) is 16.7 Å². The minimum Gasteiger partial charge on any atom is -0.285 e. The first-order valence-corrected chi connectivity index (χ1v) is 8.86. The fraction of sp³-hybridized carbons (Fsp3) is 0.167. The second-order valence-corrected chi connectivity index (χ2v) is 6.62. The summed E-state index contributed by atoms with van der Waals surface area (Å²) < 4.78 is 0. The molecule has 132 valence electrons. The number of amides is 1. The average molecular weight is 368 g/mol. The average Bonchev–Trinajstić information content (AvgIpc) is 2.97. The lowest BCUT2D eigenvalue weighted by atomic mass is 10.1. The van der Waals surface area contributed by atoms with E-state index in [0.29, 0.717) is 23.0 Å². The van der Waals surface area contributed by atoms with Gasteiger partial charge in [-0.1, -0.05) is 48.2 Å². The van der Waals surface area contributed by atoms with Crippen molar-refractivity contribution in [1.82, 2.24) is 4.90 Å². The third-order valence-corrected chi connectivity index (χ3v) is 4.83. The molecule has 7 nitrogen and oxygen atoms in total. The molecule has 2 aromatic carbocycles. The molecule has 0 atom stereocenters. The summed E-state index contributed by atoms with van der Waals surface area (Å²) in [5.41, 5.74) is 2.73. The van der Waals surface area contributed by atoms with E-state index in [1.807, 2.05) is 31.2 Å². The zero-order valence-corrected chi connectivity index (χ0v) is 14.8. The van der Waals surface area contributed by atoms with Crippen molar-refractivity contribution in [2.75, 3.05) is 5.75 Å². The van der Waals surface area contributed by atoms with Gasteiger partial charge < -0.3 is 0 Å². The lowest BCUT2D eigenvalue weighted by Gasteiger charge is -2.16. The third-order valence-electron chi connectivity index (χ3n) is 3.88. The Morgan fingerprint density at radius 3 is 2.85 bits per heavy atom. The minimum absolute atomic E-state index is 0.00629. The number of aryl methyl sites for hydroxylation is 1. The van der Waals surface area contributed by atoms with Crippen LogP contribution in [0.5, 0.6) is 0 Å². The monoisotopic (exact) mass is 368 g/mol. The van der Waals surface area contributed by atoms with Crippen molar-refractivity contribution in [3.05, 3.63) is 75.3 Å². The molecular weight excluding hydrogens is 352 g/mol. The van der Waals surface area contributed by atoms with Gasteiger partial charge in [0.1, 0.15) is 0 Å². The molecule has 3 rings (SSSR count). The smallest absolute Gasteiger partial charge is 0.270 e. The molecule has 0 radical (unpaired) electrons. The Hall–Kier alpha value is -3.00. The zero-order chi connectivity index (χ0) is 18.5. The number of nitro benzene ring substituents is 1. The normalized spacial score (nSPS) is 16.0. The molecule has 1 amide bonds. The van der Waals surface area contributed by atoms with Gasteiger partial charge in [0.2, 0.25) is 5.91 Å². The maximum Gasteiger partial charge on any atom is 0.270 e. The maximum absolute atomic E-state index is 12.2. The Morgan fingerprint density at radius 1 is 1.27 bits per heavy atom. The van der Waals surface area contributed by atoms with Crippen LogP contribution in [0.4, 0.5) is 5.69 Å².